The van der Waals surface area contributed by atoms with E-state index < -0.39 is 5.91 Å². The molecule has 0 saturated carbocycles. The summed E-state index contributed by atoms with van der Waals surface area (Å²) in [6, 6.07) is 8.53. The first kappa shape index (κ1) is 20.8. The standard InChI is InChI=1S/C20H22N6O4/c1-4-25(2)20(28)16-9-17(15-7-6-14(11-22-15)30-12-18(21)27)26(24-16)13-5-8-19(29-3)23-10-13/h5-11H,4,12H2,1-3H3,(H2,21,27). The molecular weight excluding hydrogens is 388 g/mol. The van der Waals surface area contributed by atoms with Crippen LogP contribution in [-0.2, 0) is 4.79 Å². The molecule has 0 unspecified atom stereocenters. The van der Waals surface area contributed by atoms with E-state index in [1.165, 1.54) is 13.3 Å². The summed E-state index contributed by atoms with van der Waals surface area (Å²) >= 11 is 0. The largest absolute Gasteiger partial charge is 0.482 e. The molecule has 0 radical (unpaired) electrons. The van der Waals surface area contributed by atoms with Crippen molar-refractivity contribution in [2.45, 2.75) is 6.92 Å². The summed E-state index contributed by atoms with van der Waals surface area (Å²) < 4.78 is 11.9. The maximum absolute atomic E-state index is 12.6. The Morgan fingerprint density at radius 2 is 1.97 bits per heavy atom. The average molecular weight is 410 g/mol. The fourth-order valence-corrected chi connectivity index (χ4v) is 2.59. The van der Waals surface area contributed by atoms with Gasteiger partial charge in [-0.2, -0.15) is 5.10 Å². The quantitative estimate of drug-likeness (QED) is 0.593. The number of nitrogens with two attached hydrogens (primary N) is 1. The van der Waals surface area contributed by atoms with Gasteiger partial charge in [0.1, 0.15) is 5.75 Å². The van der Waals surface area contributed by atoms with Gasteiger partial charge in [-0.1, -0.05) is 0 Å². The molecule has 0 fully saturated rings. The molecule has 10 nitrogen and oxygen atoms in total. The highest BCUT2D eigenvalue weighted by Gasteiger charge is 2.20. The normalized spacial score (nSPS) is 10.5. The number of hydrogen-bond acceptors (Lipinski definition) is 7. The number of methoxy groups -OCH3 is 1. The van der Waals surface area contributed by atoms with Crippen LogP contribution < -0.4 is 15.2 Å². The van der Waals surface area contributed by atoms with Gasteiger partial charge in [0.2, 0.25) is 5.88 Å². The molecule has 0 spiro atoms. The van der Waals surface area contributed by atoms with Crippen molar-refractivity contribution in [1.82, 2.24) is 24.6 Å². The number of rotatable bonds is 8. The number of primary amides is 1. The van der Waals surface area contributed by atoms with E-state index in [0.29, 0.717) is 35.2 Å². The molecule has 3 aromatic rings. The summed E-state index contributed by atoms with van der Waals surface area (Å²) in [6.07, 6.45) is 3.07. The van der Waals surface area contributed by atoms with Gasteiger partial charge in [0.05, 0.1) is 36.6 Å². The third-order valence-electron chi connectivity index (χ3n) is 4.30. The molecule has 2 N–H and O–H groups in total. The molecule has 0 aromatic carbocycles. The Kier molecular flexibility index (Phi) is 6.26. The predicted molar refractivity (Wildman–Crippen MR) is 108 cm³/mol. The van der Waals surface area contributed by atoms with Gasteiger partial charge in [-0.25, -0.2) is 9.67 Å². The van der Waals surface area contributed by atoms with Crippen LogP contribution in [-0.4, -0.2) is 63.8 Å². The van der Waals surface area contributed by atoms with Gasteiger partial charge in [0, 0.05) is 19.7 Å². The van der Waals surface area contributed by atoms with Gasteiger partial charge in [-0.15, -0.1) is 0 Å². The van der Waals surface area contributed by atoms with Crippen molar-refractivity contribution in [3.8, 4) is 28.7 Å². The van der Waals surface area contributed by atoms with Crippen molar-refractivity contribution in [1.29, 1.82) is 0 Å². The molecule has 0 bridgehead atoms. The lowest BCUT2D eigenvalue weighted by molar-refractivity contribution is -0.119. The highest BCUT2D eigenvalue weighted by Crippen LogP contribution is 2.25. The molecule has 10 heteroatoms. The van der Waals surface area contributed by atoms with E-state index in [-0.39, 0.29) is 18.2 Å². The fraction of sp³-hybridized carbons (Fsp3) is 0.250. The van der Waals surface area contributed by atoms with Crippen LogP contribution in [0.1, 0.15) is 17.4 Å². The highest BCUT2D eigenvalue weighted by atomic mass is 16.5. The summed E-state index contributed by atoms with van der Waals surface area (Å²) in [5.74, 6) is 0.0769. The zero-order valence-corrected chi connectivity index (χ0v) is 16.9. The van der Waals surface area contributed by atoms with Crippen LogP contribution in [0, 0.1) is 0 Å². The molecule has 3 rings (SSSR count). The van der Waals surface area contributed by atoms with Crippen LogP contribution in [0.4, 0.5) is 0 Å². The molecule has 0 aliphatic heterocycles. The van der Waals surface area contributed by atoms with Crippen molar-refractivity contribution in [3.05, 3.63) is 48.4 Å². The third-order valence-corrected chi connectivity index (χ3v) is 4.30. The summed E-state index contributed by atoms with van der Waals surface area (Å²) in [5.41, 5.74) is 7.16. The van der Waals surface area contributed by atoms with Crippen LogP contribution in [0.15, 0.2) is 42.7 Å². The maximum Gasteiger partial charge on any atom is 0.274 e. The van der Waals surface area contributed by atoms with Crippen LogP contribution >= 0.6 is 0 Å². The molecule has 0 saturated heterocycles. The second kappa shape index (κ2) is 9.03. The number of nitrogens with zero attached hydrogens (tertiary/aromatic N) is 5. The van der Waals surface area contributed by atoms with Gasteiger partial charge in [0.25, 0.3) is 11.8 Å². The average Bonchev–Trinajstić information content (AvgIpc) is 3.22. The molecule has 30 heavy (non-hydrogen) atoms. The monoisotopic (exact) mass is 410 g/mol. The van der Waals surface area contributed by atoms with E-state index in [0.717, 1.165) is 0 Å². The van der Waals surface area contributed by atoms with Gasteiger partial charge in [-0.05, 0) is 31.2 Å². The van der Waals surface area contributed by atoms with E-state index in [4.69, 9.17) is 15.2 Å². The zero-order chi connectivity index (χ0) is 21.7. The maximum atomic E-state index is 12.6. The molecule has 3 aromatic heterocycles. The van der Waals surface area contributed by atoms with Crippen molar-refractivity contribution < 1.29 is 19.1 Å². The highest BCUT2D eigenvalue weighted by molar-refractivity contribution is 5.93. The number of ether oxygens (including phenoxy) is 2. The van der Waals surface area contributed by atoms with E-state index in [1.807, 2.05) is 6.92 Å². The molecule has 3 heterocycles. The Bertz CT molecular complexity index is 1030. The lowest BCUT2D eigenvalue weighted by atomic mass is 10.2. The summed E-state index contributed by atoms with van der Waals surface area (Å²) in [4.78, 5) is 33.7. The van der Waals surface area contributed by atoms with Crippen molar-refractivity contribution >= 4 is 11.8 Å². The molecule has 156 valence electrons. The lowest BCUT2D eigenvalue weighted by Crippen LogP contribution is -2.26. The zero-order valence-electron chi connectivity index (χ0n) is 16.9. The van der Waals surface area contributed by atoms with Gasteiger partial charge in [0.15, 0.2) is 12.3 Å². The molecule has 0 atom stereocenters. The van der Waals surface area contributed by atoms with Crippen LogP contribution in [0.5, 0.6) is 11.6 Å². The Labute approximate surface area is 173 Å². The first-order valence-electron chi connectivity index (χ1n) is 9.16. The Balaban J connectivity index is 2.01. The number of amides is 2. The number of carbonyl (C=O) groups excluding carboxylic acids is 2. The molecular formula is C20H22N6O4. The van der Waals surface area contributed by atoms with Crippen molar-refractivity contribution in [2.75, 3.05) is 27.3 Å². The van der Waals surface area contributed by atoms with E-state index in [2.05, 4.69) is 15.1 Å². The summed E-state index contributed by atoms with van der Waals surface area (Å²) in [6.45, 7) is 2.20. The number of aromatic nitrogens is 4. The van der Waals surface area contributed by atoms with Gasteiger partial charge >= 0.3 is 0 Å². The Morgan fingerprint density at radius 1 is 1.17 bits per heavy atom. The summed E-state index contributed by atoms with van der Waals surface area (Å²) in [7, 11) is 3.24. The van der Waals surface area contributed by atoms with Crippen LogP contribution in [0.3, 0.4) is 0 Å². The van der Waals surface area contributed by atoms with Crippen LogP contribution in [0.2, 0.25) is 0 Å². The molecule has 2 amide bonds. The first-order chi connectivity index (χ1) is 14.4. The minimum Gasteiger partial charge on any atom is -0.482 e. The minimum absolute atomic E-state index is 0.208. The fourth-order valence-electron chi connectivity index (χ4n) is 2.59. The van der Waals surface area contributed by atoms with E-state index in [9.17, 15) is 9.59 Å². The number of pyridine rings is 2. The van der Waals surface area contributed by atoms with Crippen molar-refractivity contribution in [2.24, 2.45) is 5.73 Å². The Hall–Kier alpha value is -3.95. The SMILES string of the molecule is CCN(C)C(=O)c1cc(-c2ccc(OCC(N)=O)cn2)n(-c2ccc(OC)nc2)n1. The van der Waals surface area contributed by atoms with E-state index >= 15 is 0 Å². The predicted octanol–water partition coefficient (Wildman–Crippen LogP) is 1.29. The smallest absolute Gasteiger partial charge is 0.274 e. The van der Waals surface area contributed by atoms with Crippen molar-refractivity contribution in [3.63, 3.8) is 0 Å². The number of carbonyl (C=O) groups is 2. The minimum atomic E-state index is -0.577. The molecule has 0 aliphatic carbocycles. The number of hydrogen-bond donors (Lipinski definition) is 1. The first-order valence-corrected chi connectivity index (χ1v) is 9.16. The third kappa shape index (κ3) is 4.54. The van der Waals surface area contributed by atoms with Gasteiger partial charge < -0.3 is 20.1 Å². The topological polar surface area (TPSA) is 125 Å². The summed E-state index contributed by atoms with van der Waals surface area (Å²) in [5, 5.41) is 4.48. The van der Waals surface area contributed by atoms with E-state index in [1.54, 1.807) is 53.2 Å². The Morgan fingerprint density at radius 3 is 2.53 bits per heavy atom. The second-order valence-electron chi connectivity index (χ2n) is 6.34. The van der Waals surface area contributed by atoms with Gasteiger partial charge in [-0.3, -0.25) is 14.6 Å². The molecule has 0 aliphatic rings. The van der Waals surface area contributed by atoms with Crippen LogP contribution in [0.25, 0.3) is 17.1 Å². The second-order valence-corrected chi connectivity index (χ2v) is 6.34. The lowest BCUT2D eigenvalue weighted by Gasteiger charge is -2.11.